The number of benzene rings is 3. The molecular formula is C22H18N4O4S. The zero-order valence-electron chi connectivity index (χ0n) is 16.3. The third kappa shape index (κ3) is 4.37. The van der Waals surface area contributed by atoms with Crippen LogP contribution < -0.4 is 4.72 Å². The zero-order valence-corrected chi connectivity index (χ0v) is 17.1. The number of hydrogen-bond acceptors (Lipinski definition) is 5. The number of sulfonamides is 1. The normalized spacial score (nSPS) is 11.4. The maximum atomic E-state index is 12.8. The first-order valence-corrected chi connectivity index (χ1v) is 10.9. The molecule has 4 aromatic rings. The van der Waals surface area contributed by atoms with E-state index in [9.17, 15) is 18.5 Å². The van der Waals surface area contributed by atoms with E-state index < -0.39 is 20.6 Å². The van der Waals surface area contributed by atoms with E-state index in [0.717, 1.165) is 17.3 Å². The molecule has 0 aliphatic carbocycles. The highest BCUT2D eigenvalue weighted by atomic mass is 32.2. The van der Waals surface area contributed by atoms with Gasteiger partial charge in [-0.1, -0.05) is 60.7 Å². The molecule has 1 aromatic heterocycles. The maximum absolute atomic E-state index is 12.8. The van der Waals surface area contributed by atoms with Crippen LogP contribution in [0.2, 0.25) is 0 Å². The number of rotatable bonds is 7. The molecule has 1 heterocycles. The van der Waals surface area contributed by atoms with Crippen molar-refractivity contribution in [1.82, 2.24) is 14.5 Å². The molecule has 0 atom stereocenters. The molecule has 0 bridgehead atoms. The first-order valence-electron chi connectivity index (χ1n) is 9.38. The summed E-state index contributed by atoms with van der Waals surface area (Å²) in [5, 5.41) is 15.9. The van der Waals surface area contributed by atoms with Gasteiger partial charge >= 0.3 is 0 Å². The van der Waals surface area contributed by atoms with E-state index in [1.165, 1.54) is 18.2 Å². The molecule has 0 spiro atoms. The van der Waals surface area contributed by atoms with Gasteiger partial charge in [0.1, 0.15) is 0 Å². The first-order chi connectivity index (χ1) is 15.0. The molecule has 4 rings (SSSR count). The third-order valence-corrected chi connectivity index (χ3v) is 6.11. The van der Waals surface area contributed by atoms with Crippen molar-refractivity contribution in [2.75, 3.05) is 0 Å². The summed E-state index contributed by atoms with van der Waals surface area (Å²) in [6.07, 6.45) is 1.75. The van der Waals surface area contributed by atoms with Crippen LogP contribution in [-0.4, -0.2) is 23.1 Å². The second-order valence-electron chi connectivity index (χ2n) is 6.70. The van der Waals surface area contributed by atoms with Gasteiger partial charge in [-0.25, -0.2) is 17.8 Å². The van der Waals surface area contributed by atoms with Crippen molar-refractivity contribution < 1.29 is 13.3 Å². The Balaban J connectivity index is 1.70. The Morgan fingerprint density at radius 1 is 0.903 bits per heavy atom. The van der Waals surface area contributed by atoms with Gasteiger partial charge in [-0.15, -0.1) is 0 Å². The first kappa shape index (κ1) is 20.5. The zero-order chi connectivity index (χ0) is 21.8. The summed E-state index contributed by atoms with van der Waals surface area (Å²) in [4.78, 5) is 10.2. The summed E-state index contributed by atoms with van der Waals surface area (Å²) < 4.78 is 29.8. The molecule has 0 radical (unpaired) electrons. The topological polar surface area (TPSA) is 107 Å². The van der Waals surface area contributed by atoms with Crippen LogP contribution in [0.25, 0.3) is 16.9 Å². The minimum Gasteiger partial charge on any atom is -0.258 e. The smallest absolute Gasteiger partial charge is 0.258 e. The molecule has 0 aliphatic heterocycles. The summed E-state index contributed by atoms with van der Waals surface area (Å²) in [7, 11) is -4.12. The van der Waals surface area contributed by atoms with Gasteiger partial charge in [0, 0.05) is 29.9 Å². The van der Waals surface area contributed by atoms with Crippen molar-refractivity contribution in [3.63, 3.8) is 0 Å². The van der Waals surface area contributed by atoms with Gasteiger partial charge in [-0.3, -0.25) is 10.1 Å². The molecule has 156 valence electrons. The van der Waals surface area contributed by atoms with E-state index in [4.69, 9.17) is 0 Å². The molecule has 0 saturated heterocycles. The number of nitrogens with one attached hydrogen (secondary N) is 1. The van der Waals surface area contributed by atoms with Crippen LogP contribution in [0.1, 0.15) is 5.56 Å². The second-order valence-corrected chi connectivity index (χ2v) is 8.43. The Hall–Kier alpha value is -3.82. The number of nitro benzene ring substituents is 1. The highest BCUT2D eigenvalue weighted by Crippen LogP contribution is 2.26. The monoisotopic (exact) mass is 434 g/mol. The fraction of sp³-hybridized carbons (Fsp3) is 0.0455. The molecule has 0 fully saturated rings. The van der Waals surface area contributed by atoms with Gasteiger partial charge in [0.2, 0.25) is 10.0 Å². The number of nitrogens with zero attached hydrogens (tertiary/aromatic N) is 3. The van der Waals surface area contributed by atoms with Crippen LogP contribution in [0, 0.1) is 10.1 Å². The standard InChI is InChI=1S/C22H18N4O4S/c27-26(28)20-13-7-8-14-21(20)31(29,30)23-15-18-16-25(19-11-5-2-6-12-19)24-22(18)17-9-3-1-4-10-17/h1-14,16,23H,15H2. The van der Waals surface area contributed by atoms with Crippen molar-refractivity contribution in [2.24, 2.45) is 0 Å². The number of para-hydroxylation sites is 2. The average molecular weight is 434 g/mol. The molecule has 3 aromatic carbocycles. The lowest BCUT2D eigenvalue weighted by atomic mass is 10.1. The number of nitro groups is 1. The van der Waals surface area contributed by atoms with Crippen LogP contribution in [-0.2, 0) is 16.6 Å². The van der Waals surface area contributed by atoms with E-state index >= 15 is 0 Å². The van der Waals surface area contributed by atoms with E-state index in [2.05, 4.69) is 9.82 Å². The lowest BCUT2D eigenvalue weighted by Gasteiger charge is -2.07. The van der Waals surface area contributed by atoms with Crippen LogP contribution in [0.5, 0.6) is 0 Å². The predicted molar refractivity (Wildman–Crippen MR) is 116 cm³/mol. The fourth-order valence-electron chi connectivity index (χ4n) is 3.18. The predicted octanol–water partition coefficient (Wildman–Crippen LogP) is 3.93. The highest BCUT2D eigenvalue weighted by Gasteiger charge is 2.25. The van der Waals surface area contributed by atoms with Gasteiger partial charge in [0.25, 0.3) is 5.69 Å². The fourth-order valence-corrected chi connectivity index (χ4v) is 4.35. The van der Waals surface area contributed by atoms with Gasteiger partial charge in [0.15, 0.2) is 4.90 Å². The molecular weight excluding hydrogens is 416 g/mol. The van der Waals surface area contributed by atoms with Crippen LogP contribution >= 0.6 is 0 Å². The number of aromatic nitrogens is 2. The van der Waals surface area contributed by atoms with Crippen molar-refractivity contribution in [1.29, 1.82) is 0 Å². The van der Waals surface area contributed by atoms with Gasteiger partial charge in [0.05, 0.1) is 16.3 Å². The Bertz CT molecular complexity index is 1320. The van der Waals surface area contributed by atoms with Crippen molar-refractivity contribution in [3.8, 4) is 16.9 Å². The Kier molecular flexibility index (Phi) is 5.61. The Morgan fingerprint density at radius 2 is 1.52 bits per heavy atom. The van der Waals surface area contributed by atoms with Crippen molar-refractivity contribution >= 4 is 15.7 Å². The second kappa shape index (κ2) is 8.50. The van der Waals surface area contributed by atoms with Crippen LogP contribution in [0.15, 0.2) is 96.0 Å². The maximum Gasteiger partial charge on any atom is 0.289 e. The van der Waals surface area contributed by atoms with E-state index in [1.807, 2.05) is 60.7 Å². The minimum absolute atomic E-state index is 0.0779. The highest BCUT2D eigenvalue weighted by molar-refractivity contribution is 7.89. The largest absolute Gasteiger partial charge is 0.289 e. The summed E-state index contributed by atoms with van der Waals surface area (Å²) in [6.45, 7) is -0.0779. The van der Waals surface area contributed by atoms with Crippen molar-refractivity contribution in [3.05, 3.63) is 107 Å². The summed E-state index contributed by atoms with van der Waals surface area (Å²) in [6, 6.07) is 24.1. The molecule has 0 aliphatic rings. The molecule has 0 saturated carbocycles. The summed E-state index contributed by atoms with van der Waals surface area (Å²) in [5.74, 6) is 0. The Labute approximate surface area is 179 Å². The molecule has 31 heavy (non-hydrogen) atoms. The Morgan fingerprint density at radius 3 is 2.19 bits per heavy atom. The van der Waals surface area contributed by atoms with E-state index in [0.29, 0.717) is 11.3 Å². The van der Waals surface area contributed by atoms with Crippen LogP contribution in [0.3, 0.4) is 0 Å². The van der Waals surface area contributed by atoms with Gasteiger partial charge in [-0.2, -0.15) is 5.10 Å². The SMILES string of the molecule is O=[N+]([O-])c1ccccc1S(=O)(=O)NCc1cn(-c2ccccc2)nc1-c1ccccc1. The van der Waals surface area contributed by atoms with Gasteiger partial charge < -0.3 is 0 Å². The summed E-state index contributed by atoms with van der Waals surface area (Å²) >= 11 is 0. The minimum atomic E-state index is -4.12. The lowest BCUT2D eigenvalue weighted by Crippen LogP contribution is -2.24. The summed E-state index contributed by atoms with van der Waals surface area (Å²) in [5.41, 5.74) is 2.44. The molecule has 8 nitrogen and oxygen atoms in total. The lowest BCUT2D eigenvalue weighted by molar-refractivity contribution is -0.387. The molecule has 9 heteroatoms. The van der Waals surface area contributed by atoms with E-state index in [-0.39, 0.29) is 11.4 Å². The quantitative estimate of drug-likeness (QED) is 0.350. The van der Waals surface area contributed by atoms with Crippen molar-refractivity contribution in [2.45, 2.75) is 11.4 Å². The molecule has 0 unspecified atom stereocenters. The molecule has 1 N–H and O–H groups in total. The van der Waals surface area contributed by atoms with Crippen LogP contribution in [0.4, 0.5) is 5.69 Å². The third-order valence-electron chi connectivity index (χ3n) is 4.66. The number of hydrogen-bond donors (Lipinski definition) is 1. The average Bonchev–Trinajstić information content (AvgIpc) is 3.23. The van der Waals surface area contributed by atoms with Gasteiger partial charge in [-0.05, 0) is 18.2 Å². The van der Waals surface area contributed by atoms with E-state index in [1.54, 1.807) is 10.9 Å². The molecule has 0 amide bonds.